The number of benzene rings is 1. The molecule has 0 fully saturated rings. The molecule has 0 aliphatic carbocycles. The standard InChI is InChI=1S/C16H15BrCl2FN5OS/c1-3-25-16(22-23-24-25)14(9-7-27-15(19)13(9)18)21-6-8-4-12(26-2)10(17)5-11(8)20/h4-5,7,14,21H,3,6H2,1-2H3. The van der Waals surface area contributed by atoms with E-state index >= 15 is 0 Å². The van der Waals surface area contributed by atoms with Gasteiger partial charge in [-0.25, -0.2) is 9.07 Å². The molecule has 0 saturated carbocycles. The van der Waals surface area contributed by atoms with Crippen LogP contribution in [-0.4, -0.2) is 27.3 Å². The fourth-order valence-corrected chi connectivity index (χ4v) is 4.37. The smallest absolute Gasteiger partial charge is 0.172 e. The SMILES string of the molecule is CCn1nnnc1C(NCc1cc(OC)c(Br)cc1F)c1csc(Cl)c1Cl. The van der Waals surface area contributed by atoms with Gasteiger partial charge in [0.25, 0.3) is 0 Å². The summed E-state index contributed by atoms with van der Waals surface area (Å²) in [5.41, 5.74) is 1.17. The van der Waals surface area contributed by atoms with Crippen LogP contribution in [0.2, 0.25) is 9.36 Å². The summed E-state index contributed by atoms with van der Waals surface area (Å²) >= 11 is 17.1. The Kier molecular flexibility index (Phi) is 6.69. The van der Waals surface area contributed by atoms with E-state index in [2.05, 4.69) is 36.8 Å². The van der Waals surface area contributed by atoms with Gasteiger partial charge in [0, 0.05) is 24.2 Å². The van der Waals surface area contributed by atoms with Gasteiger partial charge in [-0.1, -0.05) is 23.2 Å². The van der Waals surface area contributed by atoms with E-state index < -0.39 is 6.04 Å². The van der Waals surface area contributed by atoms with Gasteiger partial charge in [0.1, 0.15) is 15.9 Å². The first kappa shape index (κ1) is 20.5. The number of hydrogen-bond donors (Lipinski definition) is 1. The topological polar surface area (TPSA) is 64.9 Å². The third-order valence-electron chi connectivity index (χ3n) is 3.96. The fourth-order valence-electron chi connectivity index (χ4n) is 2.59. The number of nitrogens with zero attached hydrogens (tertiary/aromatic N) is 4. The summed E-state index contributed by atoms with van der Waals surface area (Å²) in [5, 5.41) is 17.4. The zero-order valence-corrected chi connectivity index (χ0v) is 18.3. The van der Waals surface area contributed by atoms with Crippen LogP contribution in [0.1, 0.15) is 29.9 Å². The minimum atomic E-state index is -0.453. The number of methoxy groups -OCH3 is 1. The maximum Gasteiger partial charge on any atom is 0.172 e. The minimum Gasteiger partial charge on any atom is -0.496 e. The quantitative estimate of drug-likeness (QED) is 0.508. The molecule has 1 unspecified atom stereocenters. The Morgan fingerprint density at radius 1 is 1.41 bits per heavy atom. The first-order valence-corrected chi connectivity index (χ1v) is 10.3. The normalized spacial score (nSPS) is 12.4. The fraction of sp³-hybridized carbons (Fsp3) is 0.312. The highest BCUT2D eigenvalue weighted by atomic mass is 79.9. The predicted molar refractivity (Wildman–Crippen MR) is 107 cm³/mol. The van der Waals surface area contributed by atoms with Crippen molar-refractivity contribution in [2.24, 2.45) is 0 Å². The maximum atomic E-state index is 14.4. The number of aryl methyl sites for hydroxylation is 1. The average molecular weight is 495 g/mol. The molecule has 0 bridgehead atoms. The van der Waals surface area contributed by atoms with Crippen LogP contribution in [0.5, 0.6) is 5.75 Å². The van der Waals surface area contributed by atoms with Crippen molar-refractivity contribution >= 4 is 50.5 Å². The van der Waals surface area contributed by atoms with Crippen LogP contribution in [0.15, 0.2) is 22.0 Å². The highest BCUT2D eigenvalue weighted by Gasteiger charge is 2.25. The number of tetrazole rings is 1. The molecule has 0 aliphatic heterocycles. The third-order valence-corrected chi connectivity index (χ3v) is 6.44. The number of ether oxygens (including phenoxy) is 1. The first-order chi connectivity index (χ1) is 13.0. The van der Waals surface area contributed by atoms with E-state index in [1.54, 1.807) is 10.7 Å². The largest absolute Gasteiger partial charge is 0.496 e. The van der Waals surface area contributed by atoms with E-state index in [4.69, 9.17) is 27.9 Å². The summed E-state index contributed by atoms with van der Waals surface area (Å²) < 4.78 is 22.3. The lowest BCUT2D eigenvalue weighted by atomic mass is 10.1. The molecular weight excluding hydrogens is 480 g/mol. The zero-order chi connectivity index (χ0) is 19.6. The van der Waals surface area contributed by atoms with Crippen LogP contribution in [0.3, 0.4) is 0 Å². The van der Waals surface area contributed by atoms with Crippen molar-refractivity contribution in [2.75, 3.05) is 7.11 Å². The Labute approximate surface area is 177 Å². The molecular formula is C16H15BrCl2FN5OS. The lowest BCUT2D eigenvalue weighted by molar-refractivity contribution is 0.409. The minimum absolute atomic E-state index is 0.209. The number of hydrogen-bond acceptors (Lipinski definition) is 6. The Balaban J connectivity index is 1.95. The number of halogens is 4. The van der Waals surface area contributed by atoms with E-state index in [-0.39, 0.29) is 12.4 Å². The predicted octanol–water partition coefficient (Wildman–Crippen LogP) is 4.85. The van der Waals surface area contributed by atoms with Crippen LogP contribution < -0.4 is 10.1 Å². The van der Waals surface area contributed by atoms with Gasteiger partial charge in [-0.05, 0) is 50.8 Å². The van der Waals surface area contributed by atoms with Crippen molar-refractivity contribution in [3.63, 3.8) is 0 Å². The molecule has 6 nitrogen and oxygen atoms in total. The van der Waals surface area contributed by atoms with Crippen LogP contribution in [0.4, 0.5) is 4.39 Å². The zero-order valence-electron chi connectivity index (χ0n) is 14.3. The number of nitrogens with one attached hydrogen (secondary N) is 1. The van der Waals surface area contributed by atoms with Gasteiger partial charge in [-0.15, -0.1) is 16.4 Å². The van der Waals surface area contributed by atoms with Crippen molar-refractivity contribution in [1.29, 1.82) is 0 Å². The lowest BCUT2D eigenvalue weighted by Gasteiger charge is -2.18. The van der Waals surface area contributed by atoms with E-state index in [1.807, 2.05) is 12.3 Å². The molecule has 27 heavy (non-hydrogen) atoms. The summed E-state index contributed by atoms with van der Waals surface area (Å²) in [6, 6.07) is 2.55. The molecule has 1 N–H and O–H groups in total. The Morgan fingerprint density at radius 3 is 2.81 bits per heavy atom. The van der Waals surface area contributed by atoms with Crippen LogP contribution >= 0.6 is 50.5 Å². The number of rotatable bonds is 7. The van der Waals surface area contributed by atoms with Gasteiger partial charge >= 0.3 is 0 Å². The van der Waals surface area contributed by atoms with Gasteiger partial charge in [0.15, 0.2) is 5.82 Å². The molecule has 2 aromatic heterocycles. The molecule has 11 heteroatoms. The van der Waals surface area contributed by atoms with Crippen LogP contribution in [-0.2, 0) is 13.1 Å². The van der Waals surface area contributed by atoms with Gasteiger partial charge in [-0.3, -0.25) is 5.32 Å². The molecule has 0 aliphatic rings. The Hall–Kier alpha value is -1.26. The van der Waals surface area contributed by atoms with Crippen molar-refractivity contribution in [2.45, 2.75) is 26.1 Å². The second kappa shape index (κ2) is 8.83. The van der Waals surface area contributed by atoms with Gasteiger partial charge < -0.3 is 4.74 Å². The highest BCUT2D eigenvalue weighted by molar-refractivity contribution is 9.10. The summed E-state index contributed by atoms with van der Waals surface area (Å²) in [6.45, 7) is 2.72. The average Bonchev–Trinajstić information content (AvgIpc) is 3.25. The number of aromatic nitrogens is 4. The van der Waals surface area contributed by atoms with Crippen LogP contribution in [0.25, 0.3) is 0 Å². The highest BCUT2D eigenvalue weighted by Crippen LogP contribution is 2.38. The van der Waals surface area contributed by atoms with Crippen LogP contribution in [0, 0.1) is 5.82 Å². The molecule has 2 heterocycles. The van der Waals surface area contributed by atoms with Crippen molar-refractivity contribution in [1.82, 2.24) is 25.5 Å². The molecule has 144 valence electrons. The molecule has 3 rings (SSSR count). The molecule has 3 aromatic rings. The molecule has 0 amide bonds. The first-order valence-electron chi connectivity index (χ1n) is 7.90. The molecule has 0 radical (unpaired) electrons. The maximum absolute atomic E-state index is 14.4. The third kappa shape index (κ3) is 4.27. The van der Waals surface area contributed by atoms with E-state index in [9.17, 15) is 4.39 Å². The molecule has 0 spiro atoms. The summed E-state index contributed by atoms with van der Waals surface area (Å²) in [7, 11) is 1.53. The molecule has 1 atom stereocenters. The summed E-state index contributed by atoms with van der Waals surface area (Å²) in [6.07, 6.45) is 0. The summed E-state index contributed by atoms with van der Waals surface area (Å²) in [4.78, 5) is 0. The second-order valence-corrected chi connectivity index (χ2v) is 8.24. The molecule has 0 saturated heterocycles. The summed E-state index contributed by atoms with van der Waals surface area (Å²) in [5.74, 6) is 0.747. The monoisotopic (exact) mass is 493 g/mol. The van der Waals surface area contributed by atoms with Crippen molar-refractivity contribution in [3.05, 3.63) is 54.1 Å². The van der Waals surface area contributed by atoms with Crippen molar-refractivity contribution in [3.8, 4) is 5.75 Å². The van der Waals surface area contributed by atoms with Gasteiger partial charge in [-0.2, -0.15) is 0 Å². The van der Waals surface area contributed by atoms with E-state index in [0.717, 1.165) is 5.56 Å². The lowest BCUT2D eigenvalue weighted by Crippen LogP contribution is -2.26. The van der Waals surface area contributed by atoms with Crippen molar-refractivity contribution < 1.29 is 9.13 Å². The molecule has 1 aromatic carbocycles. The Morgan fingerprint density at radius 2 is 2.19 bits per heavy atom. The van der Waals surface area contributed by atoms with Gasteiger partial charge in [0.2, 0.25) is 0 Å². The second-order valence-electron chi connectivity index (χ2n) is 5.52. The number of thiophene rings is 1. The van der Waals surface area contributed by atoms with E-state index in [0.29, 0.717) is 37.5 Å². The van der Waals surface area contributed by atoms with E-state index in [1.165, 1.54) is 24.5 Å². The Bertz CT molecular complexity index is 951. The van der Waals surface area contributed by atoms with Gasteiger partial charge in [0.05, 0.1) is 22.6 Å².